The lowest BCUT2D eigenvalue weighted by Gasteiger charge is -2.28. The number of nitrogens with one attached hydrogen (secondary N) is 1. The van der Waals surface area contributed by atoms with E-state index in [1.807, 2.05) is 30.3 Å². The molecule has 1 saturated carbocycles. The van der Waals surface area contributed by atoms with Crippen LogP contribution in [0.2, 0.25) is 0 Å². The van der Waals surface area contributed by atoms with Gasteiger partial charge in [0.2, 0.25) is 0 Å². The Labute approximate surface area is 95.5 Å². The van der Waals surface area contributed by atoms with Gasteiger partial charge in [0.15, 0.2) is 0 Å². The molecule has 0 amide bonds. The molecule has 0 aromatic heterocycles. The van der Waals surface area contributed by atoms with Crippen LogP contribution in [0.5, 0.6) is 0 Å². The van der Waals surface area contributed by atoms with Gasteiger partial charge in [-0.1, -0.05) is 24.6 Å². The first kappa shape index (κ1) is 11.0. The summed E-state index contributed by atoms with van der Waals surface area (Å²) in [5.74, 6) is -0.825. The maximum Gasteiger partial charge on any atom is 0.306 e. The zero-order chi connectivity index (χ0) is 11.4. The molecule has 1 aromatic carbocycles. The minimum Gasteiger partial charge on any atom is -0.481 e. The SMILES string of the molecule is O=C(O)C1CCCC(Nc2ccccc2)C1. The van der Waals surface area contributed by atoms with Crippen molar-refractivity contribution in [1.29, 1.82) is 0 Å². The maximum atomic E-state index is 10.9. The molecule has 1 aromatic rings. The van der Waals surface area contributed by atoms with E-state index in [9.17, 15) is 4.79 Å². The van der Waals surface area contributed by atoms with Gasteiger partial charge in [0.1, 0.15) is 0 Å². The van der Waals surface area contributed by atoms with E-state index in [2.05, 4.69) is 5.32 Å². The van der Waals surface area contributed by atoms with Crippen LogP contribution in [-0.4, -0.2) is 17.1 Å². The van der Waals surface area contributed by atoms with Gasteiger partial charge in [0, 0.05) is 11.7 Å². The number of carbonyl (C=O) groups is 1. The van der Waals surface area contributed by atoms with Gasteiger partial charge in [0.05, 0.1) is 5.92 Å². The average Bonchev–Trinajstić information content (AvgIpc) is 2.30. The highest BCUT2D eigenvalue weighted by Crippen LogP contribution is 2.26. The third kappa shape index (κ3) is 2.75. The lowest BCUT2D eigenvalue weighted by Crippen LogP contribution is -2.30. The Morgan fingerprint density at radius 3 is 2.69 bits per heavy atom. The average molecular weight is 219 g/mol. The van der Waals surface area contributed by atoms with E-state index in [1.54, 1.807) is 0 Å². The van der Waals surface area contributed by atoms with Gasteiger partial charge in [0.25, 0.3) is 0 Å². The maximum absolute atomic E-state index is 10.9. The summed E-state index contributed by atoms with van der Waals surface area (Å²) in [5.41, 5.74) is 1.08. The lowest BCUT2D eigenvalue weighted by atomic mass is 9.85. The molecule has 0 bridgehead atoms. The number of carboxylic acids is 1. The van der Waals surface area contributed by atoms with Crippen molar-refractivity contribution in [2.24, 2.45) is 5.92 Å². The third-order valence-electron chi connectivity index (χ3n) is 3.17. The predicted octanol–water partition coefficient (Wildman–Crippen LogP) is 2.74. The Bertz CT molecular complexity index is 350. The van der Waals surface area contributed by atoms with Crippen molar-refractivity contribution >= 4 is 11.7 Å². The minimum atomic E-state index is -0.653. The van der Waals surface area contributed by atoms with Gasteiger partial charge in [-0.25, -0.2) is 0 Å². The summed E-state index contributed by atoms with van der Waals surface area (Å²) in [7, 11) is 0. The summed E-state index contributed by atoms with van der Waals surface area (Å²) in [4.78, 5) is 10.9. The summed E-state index contributed by atoms with van der Waals surface area (Å²) < 4.78 is 0. The highest BCUT2D eigenvalue weighted by atomic mass is 16.4. The number of hydrogen-bond acceptors (Lipinski definition) is 2. The van der Waals surface area contributed by atoms with Crippen LogP contribution in [0, 0.1) is 5.92 Å². The van der Waals surface area contributed by atoms with E-state index in [1.165, 1.54) is 0 Å². The zero-order valence-corrected chi connectivity index (χ0v) is 9.23. The molecule has 0 saturated heterocycles. The molecule has 0 aliphatic heterocycles. The molecule has 2 rings (SSSR count). The summed E-state index contributed by atoms with van der Waals surface area (Å²) in [6, 6.07) is 10.3. The second kappa shape index (κ2) is 5.01. The number of carboxylic acid groups (broad SMARTS) is 1. The Kier molecular flexibility index (Phi) is 3.44. The molecule has 3 heteroatoms. The second-order valence-electron chi connectivity index (χ2n) is 4.41. The minimum absolute atomic E-state index is 0.171. The number of aliphatic carboxylic acids is 1. The van der Waals surface area contributed by atoms with Crippen molar-refractivity contribution in [2.45, 2.75) is 31.7 Å². The number of para-hydroxylation sites is 1. The molecule has 2 atom stereocenters. The third-order valence-corrected chi connectivity index (χ3v) is 3.17. The van der Waals surface area contributed by atoms with Crippen molar-refractivity contribution in [3.63, 3.8) is 0 Å². The molecular weight excluding hydrogens is 202 g/mol. The van der Waals surface area contributed by atoms with Crippen molar-refractivity contribution in [3.8, 4) is 0 Å². The molecule has 0 spiro atoms. The van der Waals surface area contributed by atoms with Crippen molar-refractivity contribution < 1.29 is 9.90 Å². The number of hydrogen-bond donors (Lipinski definition) is 2. The first-order valence-corrected chi connectivity index (χ1v) is 5.80. The lowest BCUT2D eigenvalue weighted by molar-refractivity contribution is -0.142. The van der Waals surface area contributed by atoms with Crippen molar-refractivity contribution in [3.05, 3.63) is 30.3 Å². The number of rotatable bonds is 3. The predicted molar refractivity (Wildman–Crippen MR) is 63.4 cm³/mol. The van der Waals surface area contributed by atoms with E-state index in [-0.39, 0.29) is 5.92 Å². The van der Waals surface area contributed by atoms with Crippen LogP contribution in [0.3, 0.4) is 0 Å². The van der Waals surface area contributed by atoms with Crippen LogP contribution in [0.15, 0.2) is 30.3 Å². The van der Waals surface area contributed by atoms with Gasteiger partial charge in [-0.15, -0.1) is 0 Å². The standard InChI is InChI=1S/C13H17NO2/c15-13(16)10-5-4-8-12(9-10)14-11-6-2-1-3-7-11/h1-3,6-7,10,12,14H,4-5,8-9H2,(H,15,16). The molecule has 1 fully saturated rings. The van der Waals surface area contributed by atoms with Gasteiger partial charge < -0.3 is 10.4 Å². The molecule has 1 aliphatic carbocycles. The number of anilines is 1. The summed E-state index contributed by atoms with van der Waals surface area (Å²) in [6.45, 7) is 0. The Balaban J connectivity index is 1.93. The molecule has 0 heterocycles. The van der Waals surface area contributed by atoms with Gasteiger partial charge in [-0.2, -0.15) is 0 Å². The van der Waals surface area contributed by atoms with Gasteiger partial charge in [-0.3, -0.25) is 4.79 Å². The Hall–Kier alpha value is -1.51. The van der Waals surface area contributed by atoms with E-state index >= 15 is 0 Å². The second-order valence-corrected chi connectivity index (χ2v) is 4.41. The van der Waals surface area contributed by atoms with E-state index in [0.29, 0.717) is 6.04 Å². The summed E-state index contributed by atoms with van der Waals surface area (Å²) in [5, 5.41) is 12.4. The quantitative estimate of drug-likeness (QED) is 0.821. The molecule has 2 unspecified atom stereocenters. The van der Waals surface area contributed by atoms with Crippen LogP contribution < -0.4 is 5.32 Å². The molecular formula is C13H17NO2. The zero-order valence-electron chi connectivity index (χ0n) is 9.23. The van der Waals surface area contributed by atoms with Crippen LogP contribution in [0.4, 0.5) is 5.69 Å². The first-order valence-electron chi connectivity index (χ1n) is 5.80. The fraction of sp³-hybridized carbons (Fsp3) is 0.462. The fourth-order valence-corrected chi connectivity index (χ4v) is 2.32. The molecule has 1 aliphatic rings. The van der Waals surface area contributed by atoms with Crippen LogP contribution in [-0.2, 0) is 4.79 Å². The highest BCUT2D eigenvalue weighted by Gasteiger charge is 2.26. The monoisotopic (exact) mass is 219 g/mol. The molecule has 3 nitrogen and oxygen atoms in total. The summed E-state index contributed by atoms with van der Waals surface area (Å²) in [6.07, 6.45) is 3.63. The first-order chi connectivity index (χ1) is 7.75. The van der Waals surface area contributed by atoms with Crippen molar-refractivity contribution in [2.75, 3.05) is 5.32 Å². The molecule has 86 valence electrons. The van der Waals surface area contributed by atoms with Crippen LogP contribution >= 0.6 is 0 Å². The van der Waals surface area contributed by atoms with Gasteiger partial charge >= 0.3 is 5.97 Å². The van der Waals surface area contributed by atoms with Crippen LogP contribution in [0.1, 0.15) is 25.7 Å². The largest absolute Gasteiger partial charge is 0.481 e. The summed E-state index contributed by atoms with van der Waals surface area (Å²) >= 11 is 0. The number of benzene rings is 1. The Morgan fingerprint density at radius 2 is 2.00 bits per heavy atom. The van der Waals surface area contributed by atoms with Crippen LogP contribution in [0.25, 0.3) is 0 Å². The molecule has 0 radical (unpaired) electrons. The topological polar surface area (TPSA) is 49.3 Å². The van der Waals surface area contributed by atoms with E-state index in [0.717, 1.165) is 31.4 Å². The molecule has 16 heavy (non-hydrogen) atoms. The van der Waals surface area contributed by atoms with E-state index < -0.39 is 5.97 Å². The molecule has 2 N–H and O–H groups in total. The van der Waals surface area contributed by atoms with Crippen molar-refractivity contribution in [1.82, 2.24) is 0 Å². The van der Waals surface area contributed by atoms with E-state index in [4.69, 9.17) is 5.11 Å². The highest BCUT2D eigenvalue weighted by molar-refractivity contribution is 5.70. The fourth-order valence-electron chi connectivity index (χ4n) is 2.32. The Morgan fingerprint density at radius 1 is 1.25 bits per heavy atom. The van der Waals surface area contributed by atoms with Gasteiger partial charge in [-0.05, 0) is 31.4 Å². The smallest absolute Gasteiger partial charge is 0.306 e. The normalized spacial score (nSPS) is 25.0.